The van der Waals surface area contributed by atoms with E-state index in [9.17, 15) is 0 Å². The molecule has 0 radical (unpaired) electrons. The molecule has 1 heterocycles. The number of ether oxygens (including phenoxy) is 1. The lowest BCUT2D eigenvalue weighted by molar-refractivity contribution is 0.338. The molecule has 4 heteroatoms. The molecule has 0 saturated heterocycles. The highest BCUT2D eigenvalue weighted by atomic mass is 16.5. The van der Waals surface area contributed by atoms with Crippen molar-refractivity contribution < 1.29 is 4.74 Å². The van der Waals surface area contributed by atoms with Crippen LogP contribution in [-0.4, -0.2) is 16.6 Å². The number of hydrogen-bond donors (Lipinski definition) is 0. The quantitative estimate of drug-likeness (QED) is 0.834. The van der Waals surface area contributed by atoms with Crippen LogP contribution in [0.2, 0.25) is 0 Å². The van der Waals surface area contributed by atoms with Crippen molar-refractivity contribution in [1.82, 2.24) is 9.97 Å². The Hall–Kier alpha value is -2.41. The van der Waals surface area contributed by atoms with Crippen LogP contribution >= 0.6 is 0 Å². The van der Waals surface area contributed by atoms with Gasteiger partial charge in [0.15, 0.2) is 0 Å². The normalized spacial score (nSPS) is 10.1. The second-order valence-corrected chi connectivity index (χ2v) is 4.43. The van der Waals surface area contributed by atoms with E-state index in [1.165, 1.54) is 0 Å². The Bertz CT molecular complexity index is 632. The van der Waals surface area contributed by atoms with Gasteiger partial charge >= 0.3 is 0 Å². The molecule has 0 unspecified atom stereocenters. The van der Waals surface area contributed by atoms with Gasteiger partial charge in [0.2, 0.25) is 0 Å². The first-order valence-corrected chi connectivity index (χ1v) is 6.67. The van der Waals surface area contributed by atoms with Gasteiger partial charge in [-0.1, -0.05) is 0 Å². The van der Waals surface area contributed by atoms with Gasteiger partial charge in [0.25, 0.3) is 0 Å². The van der Waals surface area contributed by atoms with Crippen molar-refractivity contribution in [3.63, 3.8) is 0 Å². The fourth-order valence-corrected chi connectivity index (χ4v) is 1.97. The minimum absolute atomic E-state index is 0.436. The molecule has 1 aromatic heterocycles. The lowest BCUT2D eigenvalue weighted by Gasteiger charge is -2.09. The lowest BCUT2D eigenvalue weighted by atomic mass is 10.1. The Balaban J connectivity index is 2.27. The molecule has 0 aliphatic carbocycles. The van der Waals surface area contributed by atoms with Crippen LogP contribution in [0, 0.1) is 18.3 Å². The SMILES string of the molecule is CCOc1ccc(-c2ccnc(CCC#N)n2)cc1C. The van der Waals surface area contributed by atoms with Crippen molar-refractivity contribution >= 4 is 0 Å². The maximum atomic E-state index is 8.61. The Morgan fingerprint density at radius 3 is 2.85 bits per heavy atom. The molecule has 0 aliphatic heterocycles. The fourth-order valence-electron chi connectivity index (χ4n) is 1.97. The molecule has 2 rings (SSSR count). The van der Waals surface area contributed by atoms with Crippen LogP contribution in [0.25, 0.3) is 11.3 Å². The van der Waals surface area contributed by atoms with Gasteiger partial charge in [-0.2, -0.15) is 5.26 Å². The van der Waals surface area contributed by atoms with Gasteiger partial charge < -0.3 is 4.74 Å². The van der Waals surface area contributed by atoms with Crippen molar-refractivity contribution in [2.45, 2.75) is 26.7 Å². The first-order valence-electron chi connectivity index (χ1n) is 6.67. The topological polar surface area (TPSA) is 58.8 Å². The average Bonchev–Trinajstić information content (AvgIpc) is 2.48. The van der Waals surface area contributed by atoms with Gasteiger partial charge in [-0.3, -0.25) is 0 Å². The van der Waals surface area contributed by atoms with Crippen LogP contribution in [0.4, 0.5) is 0 Å². The van der Waals surface area contributed by atoms with Crippen molar-refractivity contribution in [3.8, 4) is 23.1 Å². The molecule has 0 atom stereocenters. The summed E-state index contributed by atoms with van der Waals surface area (Å²) >= 11 is 0. The van der Waals surface area contributed by atoms with E-state index >= 15 is 0 Å². The Morgan fingerprint density at radius 1 is 1.30 bits per heavy atom. The second-order valence-electron chi connectivity index (χ2n) is 4.43. The zero-order chi connectivity index (χ0) is 14.4. The molecular formula is C16H17N3O. The number of hydrogen-bond acceptors (Lipinski definition) is 4. The number of nitriles is 1. The Morgan fingerprint density at radius 2 is 2.15 bits per heavy atom. The molecular weight excluding hydrogens is 250 g/mol. The van der Waals surface area contributed by atoms with Crippen molar-refractivity contribution in [1.29, 1.82) is 5.26 Å². The maximum absolute atomic E-state index is 8.61. The number of aromatic nitrogens is 2. The molecule has 4 nitrogen and oxygen atoms in total. The molecule has 0 fully saturated rings. The van der Waals surface area contributed by atoms with Crippen molar-refractivity contribution in [2.24, 2.45) is 0 Å². The third-order valence-electron chi connectivity index (χ3n) is 2.94. The zero-order valence-electron chi connectivity index (χ0n) is 11.8. The van der Waals surface area contributed by atoms with E-state index in [-0.39, 0.29) is 0 Å². The molecule has 0 amide bonds. The van der Waals surface area contributed by atoms with Crippen LogP contribution < -0.4 is 4.74 Å². The molecule has 0 N–H and O–H groups in total. The van der Waals surface area contributed by atoms with Crippen LogP contribution in [0.3, 0.4) is 0 Å². The van der Waals surface area contributed by atoms with Crippen molar-refractivity contribution in [2.75, 3.05) is 6.61 Å². The molecule has 0 aliphatic rings. The molecule has 0 bridgehead atoms. The van der Waals surface area contributed by atoms with E-state index in [1.54, 1.807) is 6.20 Å². The summed E-state index contributed by atoms with van der Waals surface area (Å²) < 4.78 is 5.54. The summed E-state index contributed by atoms with van der Waals surface area (Å²) in [5.41, 5.74) is 2.99. The second kappa shape index (κ2) is 6.67. The minimum atomic E-state index is 0.436. The van der Waals surface area contributed by atoms with E-state index in [2.05, 4.69) is 22.1 Å². The average molecular weight is 267 g/mol. The maximum Gasteiger partial charge on any atom is 0.129 e. The summed E-state index contributed by atoms with van der Waals surface area (Å²) in [5.74, 6) is 1.60. The standard InChI is InChI=1S/C16H17N3O/c1-3-20-15-7-6-13(11-12(15)2)14-8-10-18-16(19-14)5-4-9-17/h6-8,10-11H,3-5H2,1-2H3. The van der Waals surface area contributed by atoms with E-state index in [0.717, 1.165) is 22.6 Å². The van der Waals surface area contributed by atoms with Crippen LogP contribution in [0.5, 0.6) is 5.75 Å². The van der Waals surface area contributed by atoms with E-state index in [0.29, 0.717) is 25.3 Å². The van der Waals surface area contributed by atoms with Crippen LogP contribution in [0.1, 0.15) is 24.7 Å². The lowest BCUT2D eigenvalue weighted by Crippen LogP contribution is -1.97. The number of nitrogens with zero attached hydrogens (tertiary/aromatic N) is 3. The monoisotopic (exact) mass is 267 g/mol. The molecule has 1 aromatic carbocycles. The zero-order valence-corrected chi connectivity index (χ0v) is 11.8. The van der Waals surface area contributed by atoms with Gasteiger partial charge in [-0.15, -0.1) is 0 Å². The third-order valence-corrected chi connectivity index (χ3v) is 2.94. The van der Waals surface area contributed by atoms with E-state index in [1.807, 2.05) is 32.0 Å². The predicted octanol–water partition coefficient (Wildman–Crippen LogP) is 3.31. The molecule has 0 spiro atoms. The Labute approximate surface area is 119 Å². The van der Waals surface area contributed by atoms with Crippen LogP contribution in [-0.2, 0) is 6.42 Å². The number of aryl methyl sites for hydroxylation is 2. The third kappa shape index (κ3) is 3.33. The van der Waals surface area contributed by atoms with Gasteiger partial charge in [-0.05, 0) is 43.7 Å². The van der Waals surface area contributed by atoms with E-state index in [4.69, 9.17) is 10.00 Å². The summed E-state index contributed by atoms with van der Waals surface area (Å²) in [6.45, 7) is 4.65. The highest BCUT2D eigenvalue weighted by Gasteiger charge is 2.05. The minimum Gasteiger partial charge on any atom is -0.494 e. The molecule has 20 heavy (non-hydrogen) atoms. The van der Waals surface area contributed by atoms with Gasteiger partial charge in [0, 0.05) is 24.6 Å². The summed E-state index contributed by atoms with van der Waals surface area (Å²) in [5, 5.41) is 8.61. The highest BCUT2D eigenvalue weighted by molar-refractivity contribution is 5.61. The van der Waals surface area contributed by atoms with Gasteiger partial charge in [0.05, 0.1) is 18.4 Å². The summed E-state index contributed by atoms with van der Waals surface area (Å²) in [4.78, 5) is 8.68. The number of rotatable bonds is 5. The summed E-state index contributed by atoms with van der Waals surface area (Å²) in [6.07, 6.45) is 2.76. The molecule has 2 aromatic rings. The smallest absolute Gasteiger partial charge is 0.129 e. The fraction of sp³-hybridized carbons (Fsp3) is 0.312. The first kappa shape index (κ1) is 14.0. The first-order chi connectivity index (χ1) is 9.74. The van der Waals surface area contributed by atoms with Gasteiger partial charge in [0.1, 0.15) is 11.6 Å². The van der Waals surface area contributed by atoms with Crippen LogP contribution in [0.15, 0.2) is 30.5 Å². The Kier molecular flexibility index (Phi) is 4.67. The summed E-state index contributed by atoms with van der Waals surface area (Å²) in [7, 11) is 0. The highest BCUT2D eigenvalue weighted by Crippen LogP contribution is 2.25. The summed E-state index contributed by atoms with van der Waals surface area (Å²) in [6, 6.07) is 10.0. The predicted molar refractivity (Wildman–Crippen MR) is 77.3 cm³/mol. The largest absolute Gasteiger partial charge is 0.494 e. The molecule has 0 saturated carbocycles. The van der Waals surface area contributed by atoms with E-state index < -0.39 is 0 Å². The molecule has 102 valence electrons. The van der Waals surface area contributed by atoms with Crippen molar-refractivity contribution in [3.05, 3.63) is 41.9 Å². The van der Waals surface area contributed by atoms with Gasteiger partial charge in [-0.25, -0.2) is 9.97 Å². The number of benzene rings is 1.